The van der Waals surface area contributed by atoms with Gasteiger partial charge in [0.2, 0.25) is 0 Å². The van der Waals surface area contributed by atoms with Crippen molar-refractivity contribution in [3.63, 3.8) is 0 Å². The quantitative estimate of drug-likeness (QED) is 0.447. The van der Waals surface area contributed by atoms with E-state index in [-0.39, 0.29) is 0 Å². The van der Waals surface area contributed by atoms with Gasteiger partial charge in [0.15, 0.2) is 0 Å². The highest BCUT2D eigenvalue weighted by Gasteiger charge is 2.06. The number of benzene rings is 1. The summed E-state index contributed by atoms with van der Waals surface area (Å²) in [4.78, 5) is 0.749. The lowest BCUT2D eigenvalue weighted by atomic mass is 10.2. The fourth-order valence-electron chi connectivity index (χ4n) is 1.14. The highest BCUT2D eigenvalue weighted by Crippen LogP contribution is 2.35. The highest BCUT2D eigenvalue weighted by molar-refractivity contribution is 7.80. The van der Waals surface area contributed by atoms with Crippen LogP contribution in [0.4, 0.5) is 11.4 Å². The molecule has 62 valence electrons. The van der Waals surface area contributed by atoms with E-state index in [2.05, 4.69) is 12.6 Å². The van der Waals surface area contributed by atoms with Gasteiger partial charge in [-0.05, 0) is 22.9 Å². The molecule has 0 aliphatic rings. The number of fused-ring (bicyclic) bond motifs is 1. The molecule has 0 amide bonds. The van der Waals surface area contributed by atoms with Crippen LogP contribution < -0.4 is 11.5 Å². The van der Waals surface area contributed by atoms with Gasteiger partial charge in [0.05, 0.1) is 16.1 Å². The summed E-state index contributed by atoms with van der Waals surface area (Å²) in [5.41, 5.74) is 12.7. The van der Waals surface area contributed by atoms with E-state index in [0.29, 0.717) is 11.4 Å². The molecule has 0 saturated carbocycles. The maximum Gasteiger partial charge on any atom is 0.0740 e. The number of thiophene rings is 1. The number of hydrogen-bond acceptors (Lipinski definition) is 4. The molecule has 1 aromatic carbocycles. The molecular weight excluding hydrogens is 188 g/mol. The lowest BCUT2D eigenvalue weighted by Gasteiger charge is -2.03. The molecule has 1 aromatic heterocycles. The first kappa shape index (κ1) is 7.76. The lowest BCUT2D eigenvalue weighted by molar-refractivity contribution is 1.53. The van der Waals surface area contributed by atoms with Crippen molar-refractivity contribution < 1.29 is 0 Å². The fourth-order valence-corrected chi connectivity index (χ4v) is 2.25. The fraction of sp³-hybridized carbons (Fsp3) is 0. The third-order valence-corrected chi connectivity index (χ3v) is 3.13. The Bertz CT molecular complexity index is 434. The molecule has 0 bridgehead atoms. The molecule has 12 heavy (non-hydrogen) atoms. The molecule has 2 aromatic rings. The third-order valence-electron chi connectivity index (χ3n) is 1.80. The molecule has 2 rings (SSSR count). The Morgan fingerprint density at radius 2 is 2.00 bits per heavy atom. The van der Waals surface area contributed by atoms with E-state index in [9.17, 15) is 0 Å². The first-order valence-electron chi connectivity index (χ1n) is 3.44. The smallest absolute Gasteiger partial charge is 0.0740 e. The molecule has 0 saturated heterocycles. The molecule has 0 unspecified atom stereocenters. The second-order valence-electron chi connectivity index (χ2n) is 2.56. The average Bonchev–Trinajstić information content (AvgIpc) is 2.48. The highest BCUT2D eigenvalue weighted by atomic mass is 32.1. The molecule has 0 radical (unpaired) electrons. The molecule has 0 spiro atoms. The van der Waals surface area contributed by atoms with Gasteiger partial charge in [-0.15, -0.1) is 24.0 Å². The second-order valence-corrected chi connectivity index (χ2v) is 3.96. The van der Waals surface area contributed by atoms with Gasteiger partial charge in [-0.25, -0.2) is 0 Å². The Morgan fingerprint density at radius 3 is 2.75 bits per heavy atom. The number of thiol groups is 1. The third kappa shape index (κ3) is 0.956. The molecule has 4 heteroatoms. The van der Waals surface area contributed by atoms with Crippen molar-refractivity contribution >= 4 is 45.4 Å². The second kappa shape index (κ2) is 2.57. The molecular formula is C8H8N2S2. The van der Waals surface area contributed by atoms with Gasteiger partial charge >= 0.3 is 0 Å². The monoisotopic (exact) mass is 196 g/mol. The Balaban J connectivity index is 2.94. The minimum absolute atomic E-state index is 0.577. The van der Waals surface area contributed by atoms with Crippen molar-refractivity contribution in [2.45, 2.75) is 4.90 Å². The van der Waals surface area contributed by atoms with Gasteiger partial charge in [0, 0.05) is 4.90 Å². The van der Waals surface area contributed by atoms with Crippen LogP contribution >= 0.6 is 24.0 Å². The van der Waals surface area contributed by atoms with Crippen molar-refractivity contribution in [1.29, 1.82) is 0 Å². The number of rotatable bonds is 0. The Labute approximate surface area is 79.6 Å². The van der Waals surface area contributed by atoms with E-state index in [0.717, 1.165) is 15.0 Å². The van der Waals surface area contributed by atoms with Crippen LogP contribution in [0.3, 0.4) is 0 Å². The standard InChI is InChI=1S/C8H8N2S2/c9-6-5(11)3-4-1-2-12-8(4)7(6)10/h1-3,11H,9-10H2. The van der Waals surface area contributed by atoms with Gasteiger partial charge in [0.1, 0.15) is 0 Å². The minimum Gasteiger partial charge on any atom is -0.396 e. The molecule has 0 atom stereocenters. The van der Waals surface area contributed by atoms with Gasteiger partial charge in [0.25, 0.3) is 0 Å². The van der Waals surface area contributed by atoms with E-state index >= 15 is 0 Å². The summed E-state index contributed by atoms with van der Waals surface area (Å²) in [6.07, 6.45) is 0. The van der Waals surface area contributed by atoms with Gasteiger partial charge in [-0.3, -0.25) is 0 Å². The first-order valence-corrected chi connectivity index (χ1v) is 4.77. The lowest BCUT2D eigenvalue weighted by Crippen LogP contribution is -1.95. The molecule has 0 aliphatic carbocycles. The van der Waals surface area contributed by atoms with Crippen LogP contribution in [0.1, 0.15) is 0 Å². The first-order chi connectivity index (χ1) is 5.70. The van der Waals surface area contributed by atoms with Gasteiger partial charge < -0.3 is 11.5 Å². The van der Waals surface area contributed by atoms with Crippen LogP contribution in [-0.4, -0.2) is 0 Å². The SMILES string of the molecule is Nc1c(S)cc2ccsc2c1N. The normalized spacial score (nSPS) is 10.8. The van der Waals surface area contributed by atoms with Crippen LogP contribution in [-0.2, 0) is 0 Å². The summed E-state index contributed by atoms with van der Waals surface area (Å²) in [6.45, 7) is 0. The van der Waals surface area contributed by atoms with E-state index in [1.807, 2.05) is 17.5 Å². The number of hydrogen-bond donors (Lipinski definition) is 3. The Kier molecular flexibility index (Phi) is 1.66. The minimum atomic E-state index is 0.577. The maximum atomic E-state index is 5.80. The summed E-state index contributed by atoms with van der Waals surface area (Å²) in [7, 11) is 0. The summed E-state index contributed by atoms with van der Waals surface area (Å²) >= 11 is 5.82. The zero-order valence-corrected chi connectivity index (χ0v) is 7.95. The molecule has 4 N–H and O–H groups in total. The molecule has 1 heterocycles. The van der Waals surface area contributed by atoms with E-state index in [1.165, 1.54) is 0 Å². The summed E-state index contributed by atoms with van der Waals surface area (Å²) < 4.78 is 1.05. The van der Waals surface area contributed by atoms with Crippen LogP contribution in [0.2, 0.25) is 0 Å². The van der Waals surface area contributed by atoms with E-state index < -0.39 is 0 Å². The van der Waals surface area contributed by atoms with Crippen LogP contribution in [0.5, 0.6) is 0 Å². The van der Waals surface area contributed by atoms with Crippen molar-refractivity contribution in [3.05, 3.63) is 17.5 Å². The Morgan fingerprint density at radius 1 is 1.25 bits per heavy atom. The van der Waals surface area contributed by atoms with Crippen molar-refractivity contribution in [2.75, 3.05) is 11.5 Å². The summed E-state index contributed by atoms with van der Waals surface area (Å²) in [5.74, 6) is 0. The van der Waals surface area contributed by atoms with Crippen LogP contribution in [0.25, 0.3) is 10.1 Å². The van der Waals surface area contributed by atoms with Crippen molar-refractivity contribution in [3.8, 4) is 0 Å². The maximum absolute atomic E-state index is 5.80. The average molecular weight is 196 g/mol. The molecule has 0 fully saturated rings. The number of nitrogens with two attached hydrogens (primary N) is 2. The number of anilines is 2. The Hall–Kier alpha value is -0.870. The van der Waals surface area contributed by atoms with E-state index in [4.69, 9.17) is 11.5 Å². The van der Waals surface area contributed by atoms with Gasteiger partial charge in [-0.1, -0.05) is 0 Å². The van der Waals surface area contributed by atoms with Crippen LogP contribution in [0, 0.1) is 0 Å². The van der Waals surface area contributed by atoms with E-state index in [1.54, 1.807) is 11.3 Å². The molecule has 0 aliphatic heterocycles. The predicted octanol–water partition coefficient (Wildman–Crippen LogP) is 2.35. The van der Waals surface area contributed by atoms with Crippen molar-refractivity contribution in [2.24, 2.45) is 0 Å². The predicted molar refractivity (Wildman–Crippen MR) is 57.9 cm³/mol. The largest absolute Gasteiger partial charge is 0.396 e. The zero-order chi connectivity index (χ0) is 8.72. The van der Waals surface area contributed by atoms with Crippen LogP contribution in [0.15, 0.2) is 22.4 Å². The van der Waals surface area contributed by atoms with Crippen molar-refractivity contribution in [1.82, 2.24) is 0 Å². The topological polar surface area (TPSA) is 52.0 Å². The summed E-state index contributed by atoms with van der Waals surface area (Å²) in [5, 5.41) is 3.10. The zero-order valence-electron chi connectivity index (χ0n) is 6.24. The summed E-state index contributed by atoms with van der Waals surface area (Å²) in [6, 6.07) is 3.94. The van der Waals surface area contributed by atoms with Gasteiger partial charge in [-0.2, -0.15) is 0 Å². The number of nitrogen functional groups attached to an aromatic ring is 2. The molecule has 2 nitrogen and oxygen atoms in total.